The summed E-state index contributed by atoms with van der Waals surface area (Å²) < 4.78 is 1.75. The summed E-state index contributed by atoms with van der Waals surface area (Å²) in [4.78, 5) is 22.5. The normalized spacial score (nSPS) is 17.0. The highest BCUT2D eigenvalue weighted by Crippen LogP contribution is 2.33. The van der Waals surface area contributed by atoms with Crippen LogP contribution in [0.25, 0.3) is 16.5 Å². The van der Waals surface area contributed by atoms with Gasteiger partial charge in [0.05, 0.1) is 16.1 Å². The largest absolute Gasteiger partial charge is 0.294 e. The Morgan fingerprint density at radius 2 is 1.96 bits per heavy atom. The van der Waals surface area contributed by atoms with Gasteiger partial charge in [-0.15, -0.1) is 16.4 Å². The SMILES string of the molecule is O=C1CC(c2ccccc2)Cc2c1cnc1nc(-c3cccs3)nn21. The smallest absolute Gasteiger partial charge is 0.253 e. The molecule has 6 heteroatoms. The average molecular weight is 346 g/mol. The van der Waals surface area contributed by atoms with Crippen molar-refractivity contribution in [3.05, 3.63) is 70.9 Å². The van der Waals surface area contributed by atoms with Crippen LogP contribution in [0, 0.1) is 0 Å². The highest BCUT2D eigenvalue weighted by atomic mass is 32.1. The number of rotatable bonds is 2. The molecule has 1 unspecified atom stereocenters. The molecule has 0 amide bonds. The molecule has 3 aromatic heterocycles. The van der Waals surface area contributed by atoms with Gasteiger partial charge >= 0.3 is 0 Å². The predicted octanol–water partition coefficient (Wildman–Crippen LogP) is 3.77. The first-order valence-electron chi connectivity index (χ1n) is 8.16. The second kappa shape index (κ2) is 5.60. The van der Waals surface area contributed by atoms with E-state index in [9.17, 15) is 4.79 Å². The van der Waals surface area contributed by atoms with Crippen LogP contribution in [0.2, 0.25) is 0 Å². The van der Waals surface area contributed by atoms with Gasteiger partial charge in [0.25, 0.3) is 5.78 Å². The summed E-state index contributed by atoms with van der Waals surface area (Å²) in [6.07, 6.45) is 2.93. The third-order valence-electron chi connectivity index (χ3n) is 4.65. The van der Waals surface area contributed by atoms with Gasteiger partial charge < -0.3 is 0 Å². The van der Waals surface area contributed by atoms with Crippen LogP contribution in [0.15, 0.2) is 54.0 Å². The first-order chi connectivity index (χ1) is 12.3. The van der Waals surface area contributed by atoms with Crippen LogP contribution in [0.3, 0.4) is 0 Å². The monoisotopic (exact) mass is 346 g/mol. The van der Waals surface area contributed by atoms with Crippen molar-refractivity contribution in [1.82, 2.24) is 19.6 Å². The highest BCUT2D eigenvalue weighted by Gasteiger charge is 2.29. The van der Waals surface area contributed by atoms with Crippen molar-refractivity contribution >= 4 is 22.9 Å². The van der Waals surface area contributed by atoms with Crippen LogP contribution in [0.5, 0.6) is 0 Å². The molecule has 0 spiro atoms. The molecule has 3 heterocycles. The number of aromatic nitrogens is 4. The molecule has 0 aliphatic heterocycles. The lowest BCUT2D eigenvalue weighted by molar-refractivity contribution is 0.0962. The van der Waals surface area contributed by atoms with Gasteiger partial charge in [-0.25, -0.2) is 4.98 Å². The Morgan fingerprint density at radius 1 is 1.08 bits per heavy atom. The van der Waals surface area contributed by atoms with E-state index in [1.807, 2.05) is 35.7 Å². The molecule has 0 saturated heterocycles. The second-order valence-corrected chi connectivity index (χ2v) is 7.13. The number of carbonyl (C=O) groups excluding carboxylic acids is 1. The summed E-state index contributed by atoms with van der Waals surface area (Å²) >= 11 is 1.59. The number of Topliss-reactive ketones (excluding diaryl/α,β-unsaturated/α-hetero) is 1. The number of nitrogens with zero attached hydrogens (tertiary/aromatic N) is 4. The molecule has 0 N–H and O–H groups in total. The molecule has 0 bridgehead atoms. The molecule has 25 heavy (non-hydrogen) atoms. The summed E-state index contributed by atoms with van der Waals surface area (Å²) in [6.45, 7) is 0. The number of ketones is 1. The Kier molecular flexibility index (Phi) is 3.24. The summed E-state index contributed by atoms with van der Waals surface area (Å²) in [6, 6.07) is 14.2. The van der Waals surface area contributed by atoms with Gasteiger partial charge in [-0.05, 0) is 29.3 Å². The van der Waals surface area contributed by atoms with E-state index in [-0.39, 0.29) is 11.7 Å². The molecular formula is C19H14N4OS. The van der Waals surface area contributed by atoms with E-state index in [2.05, 4.69) is 27.2 Å². The number of hydrogen-bond donors (Lipinski definition) is 0. The van der Waals surface area contributed by atoms with E-state index >= 15 is 0 Å². The first kappa shape index (κ1) is 14.5. The first-order valence-corrected chi connectivity index (χ1v) is 9.04. The molecular weight excluding hydrogens is 332 g/mol. The van der Waals surface area contributed by atoms with E-state index < -0.39 is 0 Å². The van der Waals surface area contributed by atoms with Gasteiger partial charge in [0.2, 0.25) is 0 Å². The van der Waals surface area contributed by atoms with E-state index in [1.54, 1.807) is 22.0 Å². The van der Waals surface area contributed by atoms with Gasteiger partial charge in [-0.1, -0.05) is 36.4 Å². The van der Waals surface area contributed by atoms with Crippen molar-refractivity contribution < 1.29 is 4.79 Å². The Balaban J connectivity index is 1.64. The third-order valence-corrected chi connectivity index (χ3v) is 5.52. The quantitative estimate of drug-likeness (QED) is 0.554. The fraction of sp³-hybridized carbons (Fsp3) is 0.158. The van der Waals surface area contributed by atoms with Gasteiger partial charge in [-0.3, -0.25) is 4.79 Å². The van der Waals surface area contributed by atoms with E-state index in [0.717, 1.165) is 17.0 Å². The van der Waals surface area contributed by atoms with Crippen LogP contribution in [-0.4, -0.2) is 25.4 Å². The maximum atomic E-state index is 12.6. The van der Waals surface area contributed by atoms with Crippen molar-refractivity contribution in [1.29, 1.82) is 0 Å². The Labute approximate surface area is 148 Å². The summed E-state index contributed by atoms with van der Waals surface area (Å²) in [5, 5.41) is 6.63. The number of hydrogen-bond acceptors (Lipinski definition) is 5. The van der Waals surface area contributed by atoms with Gasteiger partial charge in [0.1, 0.15) is 0 Å². The van der Waals surface area contributed by atoms with Gasteiger partial charge in [0, 0.05) is 12.6 Å². The number of thiophene rings is 1. The maximum Gasteiger partial charge on any atom is 0.253 e. The zero-order chi connectivity index (χ0) is 16.8. The summed E-state index contributed by atoms with van der Waals surface area (Å²) in [5.74, 6) is 1.49. The Bertz CT molecular complexity index is 1070. The molecule has 5 rings (SSSR count). The minimum Gasteiger partial charge on any atom is -0.294 e. The van der Waals surface area contributed by atoms with Crippen LogP contribution >= 0.6 is 11.3 Å². The van der Waals surface area contributed by atoms with Gasteiger partial charge in [0.15, 0.2) is 11.6 Å². The van der Waals surface area contributed by atoms with E-state index in [0.29, 0.717) is 23.6 Å². The van der Waals surface area contributed by atoms with Crippen LogP contribution in [0.1, 0.15) is 34.0 Å². The van der Waals surface area contributed by atoms with Crippen molar-refractivity contribution in [2.45, 2.75) is 18.8 Å². The van der Waals surface area contributed by atoms with Crippen LogP contribution < -0.4 is 0 Å². The van der Waals surface area contributed by atoms with Crippen molar-refractivity contribution in [3.8, 4) is 10.7 Å². The average Bonchev–Trinajstić information content (AvgIpc) is 3.31. The number of benzene rings is 1. The molecule has 4 aromatic rings. The van der Waals surface area contributed by atoms with Crippen molar-refractivity contribution in [2.75, 3.05) is 0 Å². The fourth-order valence-electron chi connectivity index (χ4n) is 3.42. The minimum atomic E-state index is 0.123. The van der Waals surface area contributed by atoms with Crippen molar-refractivity contribution in [3.63, 3.8) is 0 Å². The molecule has 122 valence electrons. The molecule has 1 aliphatic rings. The zero-order valence-electron chi connectivity index (χ0n) is 13.3. The summed E-state index contributed by atoms with van der Waals surface area (Å²) in [7, 11) is 0. The minimum absolute atomic E-state index is 0.123. The second-order valence-electron chi connectivity index (χ2n) is 6.18. The number of fused-ring (bicyclic) bond motifs is 3. The van der Waals surface area contributed by atoms with Crippen LogP contribution in [-0.2, 0) is 6.42 Å². The molecule has 1 aliphatic carbocycles. The highest BCUT2D eigenvalue weighted by molar-refractivity contribution is 7.13. The molecule has 0 fully saturated rings. The predicted molar refractivity (Wildman–Crippen MR) is 95.9 cm³/mol. The van der Waals surface area contributed by atoms with Crippen molar-refractivity contribution in [2.24, 2.45) is 0 Å². The Hall–Kier alpha value is -2.86. The van der Waals surface area contributed by atoms with E-state index in [4.69, 9.17) is 0 Å². The Morgan fingerprint density at radius 3 is 2.76 bits per heavy atom. The fourth-order valence-corrected chi connectivity index (χ4v) is 4.07. The molecule has 0 radical (unpaired) electrons. The third kappa shape index (κ3) is 2.37. The molecule has 5 nitrogen and oxygen atoms in total. The zero-order valence-corrected chi connectivity index (χ0v) is 14.1. The van der Waals surface area contributed by atoms with E-state index in [1.165, 1.54) is 5.56 Å². The number of carbonyl (C=O) groups is 1. The molecule has 1 atom stereocenters. The summed E-state index contributed by atoms with van der Waals surface area (Å²) in [5.41, 5.74) is 2.76. The molecule has 1 aromatic carbocycles. The lowest BCUT2D eigenvalue weighted by Gasteiger charge is -2.23. The van der Waals surface area contributed by atoms with Crippen LogP contribution in [0.4, 0.5) is 0 Å². The maximum absolute atomic E-state index is 12.6. The standard InChI is InChI=1S/C19H14N4OS/c24-16-10-13(12-5-2-1-3-6-12)9-15-14(16)11-20-19-21-18(22-23(15)19)17-7-4-8-25-17/h1-8,11,13H,9-10H2. The lowest BCUT2D eigenvalue weighted by Crippen LogP contribution is -2.22. The lowest BCUT2D eigenvalue weighted by atomic mass is 9.82. The topological polar surface area (TPSA) is 60.2 Å². The van der Waals surface area contributed by atoms with Gasteiger partial charge in [-0.2, -0.15) is 9.50 Å². The molecule has 0 saturated carbocycles.